The number of hydrogen-bond donors (Lipinski definition) is 2. The first-order chi connectivity index (χ1) is 7.65. The third-order valence-electron chi connectivity index (χ3n) is 1.81. The fraction of sp³-hybridized carbons (Fsp3) is 0.286. The number of carbonyl (C=O) groups excluding carboxylic acids is 3. The Balaban J connectivity index is 1.88. The Morgan fingerprint density at radius 2 is 2.19 bits per heavy atom. The van der Waals surface area contributed by atoms with E-state index in [1.54, 1.807) is 0 Å². The quantitative estimate of drug-likeness (QED) is 0.709. The minimum absolute atomic E-state index is 0.0690. The lowest BCUT2D eigenvalue weighted by Crippen LogP contribution is -2.30. The third-order valence-corrected chi connectivity index (χ3v) is 2.79. The summed E-state index contributed by atoms with van der Waals surface area (Å²) < 4.78 is 1.27. The summed E-state index contributed by atoms with van der Waals surface area (Å²) in [5, 5.41) is 8.01. The lowest BCUT2D eigenvalue weighted by Gasteiger charge is -2.06. The van der Waals surface area contributed by atoms with Gasteiger partial charge in [-0.05, 0) is 0 Å². The molecule has 2 heterocycles. The van der Waals surface area contributed by atoms with Gasteiger partial charge in [0.05, 0.1) is 0 Å². The molecule has 0 bridgehead atoms. The molecule has 3 amide bonds. The zero-order valence-corrected chi connectivity index (χ0v) is 8.73. The summed E-state index contributed by atoms with van der Waals surface area (Å²) in [6.45, 7) is 0. The molecule has 1 aliphatic rings. The van der Waals surface area contributed by atoms with Gasteiger partial charge >= 0.3 is 0 Å². The third kappa shape index (κ3) is 2.37. The van der Waals surface area contributed by atoms with Crippen LogP contribution in [0.3, 0.4) is 0 Å². The van der Waals surface area contributed by atoms with Crippen molar-refractivity contribution < 1.29 is 14.4 Å². The van der Waals surface area contributed by atoms with Crippen molar-refractivity contribution in [2.75, 3.05) is 5.43 Å². The highest BCUT2D eigenvalue weighted by Crippen LogP contribution is 2.21. The Morgan fingerprint density at radius 1 is 1.50 bits per heavy atom. The fourth-order valence-electron chi connectivity index (χ4n) is 1.14. The van der Waals surface area contributed by atoms with E-state index in [0.29, 0.717) is 0 Å². The summed E-state index contributed by atoms with van der Waals surface area (Å²) in [6.07, 6.45) is 2.55. The first-order valence-corrected chi connectivity index (χ1v) is 5.19. The van der Waals surface area contributed by atoms with Crippen LogP contribution in [0, 0.1) is 0 Å². The van der Waals surface area contributed by atoms with Crippen molar-refractivity contribution >= 4 is 28.8 Å². The van der Waals surface area contributed by atoms with Crippen molar-refractivity contribution in [3.05, 3.63) is 12.7 Å². The first kappa shape index (κ1) is 10.6. The van der Waals surface area contributed by atoms with E-state index in [1.807, 2.05) is 0 Å². The van der Waals surface area contributed by atoms with Crippen LogP contribution in [0.2, 0.25) is 0 Å². The van der Waals surface area contributed by atoms with Crippen molar-refractivity contribution in [1.82, 2.24) is 20.2 Å². The molecule has 2 N–H and O–H groups in total. The van der Waals surface area contributed by atoms with E-state index < -0.39 is 16.4 Å². The van der Waals surface area contributed by atoms with Crippen LogP contribution in [0.5, 0.6) is 0 Å². The van der Waals surface area contributed by atoms with Crippen LogP contribution >= 0.6 is 11.8 Å². The van der Waals surface area contributed by atoms with Crippen LogP contribution in [0.4, 0.5) is 4.79 Å². The maximum absolute atomic E-state index is 11.4. The summed E-state index contributed by atoms with van der Waals surface area (Å²) >= 11 is 0.814. The molecule has 1 aliphatic heterocycles. The van der Waals surface area contributed by atoms with E-state index in [4.69, 9.17) is 0 Å². The number of amides is 3. The van der Waals surface area contributed by atoms with Gasteiger partial charge in [-0.1, -0.05) is 11.8 Å². The van der Waals surface area contributed by atoms with Crippen molar-refractivity contribution in [3.8, 4) is 0 Å². The van der Waals surface area contributed by atoms with Gasteiger partial charge in [-0.25, -0.2) is 4.68 Å². The smallest absolute Gasteiger partial charge is 0.286 e. The second kappa shape index (κ2) is 4.31. The molecule has 0 saturated carbocycles. The predicted molar refractivity (Wildman–Crippen MR) is 53.9 cm³/mol. The van der Waals surface area contributed by atoms with Crippen LogP contribution in [-0.2, 0) is 9.59 Å². The van der Waals surface area contributed by atoms with Crippen LogP contribution in [-0.4, -0.2) is 37.2 Å². The molecule has 1 unspecified atom stereocenters. The average Bonchev–Trinajstić information content (AvgIpc) is 2.78. The zero-order chi connectivity index (χ0) is 11.5. The molecule has 16 heavy (non-hydrogen) atoms. The molecule has 0 aromatic carbocycles. The first-order valence-electron chi connectivity index (χ1n) is 4.31. The molecule has 9 heteroatoms. The molecule has 84 valence electrons. The minimum Gasteiger partial charge on any atom is -0.286 e. The number of nitrogens with one attached hydrogen (secondary N) is 2. The highest BCUT2D eigenvalue weighted by atomic mass is 32.2. The molecule has 1 aromatic rings. The largest absolute Gasteiger partial charge is 0.286 e. The van der Waals surface area contributed by atoms with E-state index in [0.717, 1.165) is 11.8 Å². The van der Waals surface area contributed by atoms with E-state index in [2.05, 4.69) is 20.9 Å². The van der Waals surface area contributed by atoms with Crippen molar-refractivity contribution in [3.63, 3.8) is 0 Å². The summed E-state index contributed by atoms with van der Waals surface area (Å²) in [5.41, 5.74) is 2.43. The Hall–Kier alpha value is -1.90. The van der Waals surface area contributed by atoms with Crippen LogP contribution in [0.25, 0.3) is 0 Å². The van der Waals surface area contributed by atoms with Crippen LogP contribution < -0.4 is 10.7 Å². The van der Waals surface area contributed by atoms with Crippen molar-refractivity contribution in [1.29, 1.82) is 0 Å². The SMILES string of the molecule is O=C(CC1SC(=O)NC1=O)Nn1cnnc1. The number of rotatable bonds is 3. The molecule has 1 saturated heterocycles. The van der Waals surface area contributed by atoms with Gasteiger partial charge < -0.3 is 0 Å². The molecular formula is C7H7N5O3S. The molecular weight excluding hydrogens is 234 g/mol. The molecule has 0 spiro atoms. The second-order valence-corrected chi connectivity index (χ2v) is 4.17. The minimum atomic E-state index is -0.663. The molecule has 0 aliphatic carbocycles. The summed E-state index contributed by atoms with van der Waals surface area (Å²) in [4.78, 5) is 33.4. The Labute approximate surface area is 93.8 Å². The van der Waals surface area contributed by atoms with E-state index in [-0.39, 0.29) is 12.3 Å². The van der Waals surface area contributed by atoms with Gasteiger partial charge in [0.1, 0.15) is 17.9 Å². The normalized spacial score (nSPS) is 19.6. The number of hydrogen-bond acceptors (Lipinski definition) is 6. The van der Waals surface area contributed by atoms with Gasteiger partial charge in [0.25, 0.3) is 5.24 Å². The number of carbonyl (C=O) groups is 3. The Kier molecular flexibility index (Phi) is 2.86. The van der Waals surface area contributed by atoms with E-state index in [1.165, 1.54) is 17.3 Å². The molecule has 1 aromatic heterocycles. The predicted octanol–water partition coefficient (Wildman–Crippen LogP) is -0.910. The summed E-state index contributed by atoms with van der Waals surface area (Å²) in [7, 11) is 0. The lowest BCUT2D eigenvalue weighted by atomic mass is 10.3. The van der Waals surface area contributed by atoms with Crippen LogP contribution in [0.1, 0.15) is 6.42 Å². The van der Waals surface area contributed by atoms with Gasteiger partial charge in [-0.3, -0.25) is 25.1 Å². The summed E-state index contributed by atoms with van der Waals surface area (Å²) in [6, 6.07) is 0. The van der Waals surface area contributed by atoms with Gasteiger partial charge in [-0.2, -0.15) is 0 Å². The maximum atomic E-state index is 11.4. The van der Waals surface area contributed by atoms with Crippen LogP contribution in [0.15, 0.2) is 12.7 Å². The number of aromatic nitrogens is 3. The maximum Gasteiger partial charge on any atom is 0.286 e. The Morgan fingerprint density at radius 3 is 2.75 bits per heavy atom. The highest BCUT2D eigenvalue weighted by molar-refractivity contribution is 8.15. The average molecular weight is 241 g/mol. The molecule has 8 nitrogen and oxygen atoms in total. The van der Waals surface area contributed by atoms with E-state index >= 15 is 0 Å². The standard InChI is InChI=1S/C7H7N5O3S/c13-5(11-12-2-8-9-3-12)1-4-6(14)10-7(15)16-4/h2-4H,1H2,(H,11,13)(H,10,14,15). The monoisotopic (exact) mass is 241 g/mol. The number of thioether (sulfide) groups is 1. The molecule has 1 atom stereocenters. The zero-order valence-electron chi connectivity index (χ0n) is 7.91. The van der Waals surface area contributed by atoms with Gasteiger partial charge in [0, 0.05) is 6.42 Å². The number of imide groups is 1. The number of nitrogens with zero attached hydrogens (tertiary/aromatic N) is 3. The van der Waals surface area contributed by atoms with E-state index in [9.17, 15) is 14.4 Å². The molecule has 2 rings (SSSR count). The fourth-order valence-corrected chi connectivity index (χ4v) is 1.96. The van der Waals surface area contributed by atoms with Crippen molar-refractivity contribution in [2.45, 2.75) is 11.7 Å². The second-order valence-electron chi connectivity index (χ2n) is 2.99. The topological polar surface area (TPSA) is 106 Å². The summed E-state index contributed by atoms with van der Waals surface area (Å²) in [5.74, 6) is -0.823. The molecule has 1 fully saturated rings. The Bertz CT molecular complexity index is 431. The lowest BCUT2D eigenvalue weighted by molar-refractivity contribution is -0.123. The highest BCUT2D eigenvalue weighted by Gasteiger charge is 2.33. The van der Waals surface area contributed by atoms with Gasteiger partial charge in [0.2, 0.25) is 11.8 Å². The molecule has 0 radical (unpaired) electrons. The van der Waals surface area contributed by atoms with Crippen molar-refractivity contribution in [2.24, 2.45) is 0 Å². The van der Waals surface area contributed by atoms with Gasteiger partial charge in [-0.15, -0.1) is 10.2 Å². The van der Waals surface area contributed by atoms with Gasteiger partial charge in [0.15, 0.2) is 0 Å².